The summed E-state index contributed by atoms with van der Waals surface area (Å²) in [5, 5.41) is 33.8. The Morgan fingerprint density at radius 2 is 1.76 bits per heavy atom. The second-order valence-electron chi connectivity index (χ2n) is 14.6. The van der Waals surface area contributed by atoms with E-state index < -0.39 is 90.7 Å². The van der Waals surface area contributed by atoms with Gasteiger partial charge in [0.25, 0.3) is 0 Å². The van der Waals surface area contributed by atoms with Gasteiger partial charge in [-0.25, -0.2) is 14.4 Å². The Morgan fingerprint density at radius 1 is 1.14 bits per heavy atom. The van der Waals surface area contributed by atoms with E-state index in [1.165, 1.54) is 4.57 Å². The van der Waals surface area contributed by atoms with Gasteiger partial charge >= 0.3 is 18.0 Å². The Balaban J connectivity index is 1.68. The fourth-order valence-corrected chi connectivity index (χ4v) is 10.3. The van der Waals surface area contributed by atoms with Gasteiger partial charge in [0.1, 0.15) is 12.2 Å². The first-order valence-electron chi connectivity index (χ1n) is 14.4. The number of rotatable bonds is 3. The number of hydrogen-bond donors (Lipinski definition) is 3. The first-order chi connectivity index (χ1) is 19.2. The average Bonchev–Trinajstić information content (AvgIpc) is 3.21. The number of carbonyl (C=O) groups is 4. The molecule has 0 aromatic heterocycles. The number of aliphatic hydroxyl groups excluding tert-OH is 3. The topological polar surface area (TPSA) is 169 Å². The van der Waals surface area contributed by atoms with Crippen molar-refractivity contribution in [2.24, 2.45) is 28.6 Å². The number of ether oxygens (including phenoxy) is 4. The lowest BCUT2D eigenvalue weighted by Crippen LogP contribution is -2.79. The summed E-state index contributed by atoms with van der Waals surface area (Å²) in [5.74, 6) is -5.48. The minimum atomic E-state index is -2.47. The van der Waals surface area contributed by atoms with E-state index in [4.69, 9.17) is 18.9 Å². The lowest BCUT2D eigenvalue weighted by atomic mass is 9.38. The van der Waals surface area contributed by atoms with E-state index in [1.807, 2.05) is 33.9 Å². The fourth-order valence-electron chi connectivity index (χ4n) is 8.77. The van der Waals surface area contributed by atoms with Gasteiger partial charge in [-0.2, -0.15) is 0 Å². The van der Waals surface area contributed by atoms with Gasteiger partial charge in [-0.1, -0.05) is 40.8 Å². The smallest absolute Gasteiger partial charge is 0.402 e. The van der Waals surface area contributed by atoms with Gasteiger partial charge in [0, 0.05) is 24.8 Å². The molecule has 5 aliphatic rings. The zero-order valence-corrected chi connectivity index (χ0v) is 26.7. The van der Waals surface area contributed by atoms with Gasteiger partial charge in [0.05, 0.1) is 25.7 Å². The molecule has 42 heavy (non-hydrogen) atoms. The molecule has 5 rings (SSSR count). The van der Waals surface area contributed by atoms with E-state index in [0.717, 1.165) is 7.11 Å². The Kier molecular flexibility index (Phi) is 6.83. The van der Waals surface area contributed by atoms with Crippen LogP contribution in [0, 0.1) is 28.6 Å². The first kappa shape index (κ1) is 31.0. The minimum Gasteiger partial charge on any atom is -0.504 e. The van der Waals surface area contributed by atoms with Crippen LogP contribution in [-0.2, 0) is 33.3 Å². The number of nitrogens with zero attached hydrogens (tertiary/aromatic N) is 1. The molecule has 2 aliphatic heterocycles. The molecule has 1 spiro atoms. The van der Waals surface area contributed by atoms with Crippen molar-refractivity contribution in [1.82, 2.24) is 4.57 Å². The van der Waals surface area contributed by atoms with Crippen molar-refractivity contribution in [3.05, 3.63) is 11.3 Å². The van der Waals surface area contributed by atoms with Crippen LogP contribution in [0.1, 0.15) is 47.5 Å². The zero-order valence-electron chi connectivity index (χ0n) is 25.7. The van der Waals surface area contributed by atoms with Crippen LogP contribution in [-0.4, -0.2) is 103 Å². The van der Waals surface area contributed by atoms with Crippen LogP contribution in [0.3, 0.4) is 0 Å². The van der Waals surface area contributed by atoms with Crippen molar-refractivity contribution in [2.75, 3.05) is 20.8 Å². The normalized spacial score (nSPS) is 42.8. The highest BCUT2D eigenvalue weighted by Gasteiger charge is 2.85. The predicted octanol–water partition coefficient (Wildman–Crippen LogP) is 2.08. The van der Waals surface area contributed by atoms with Crippen molar-refractivity contribution in [3.63, 3.8) is 0 Å². The number of carbonyl (C=O) groups excluding carboxylic acids is 4. The summed E-state index contributed by atoms with van der Waals surface area (Å²) in [6, 6.07) is 0. The highest BCUT2D eigenvalue weighted by atomic mass is 28.3. The van der Waals surface area contributed by atoms with Gasteiger partial charge in [-0.05, 0) is 35.3 Å². The Morgan fingerprint density at radius 3 is 2.33 bits per heavy atom. The SMILES string of the molecule is COC(=O)C12OCC34C(CC5C(C)=C(O)C(=O)CC5(C)C3C(O)C1O)OC(=O)C(OC(=O)N(C)[Si](C)(C)C(C)(C)C)C24. The van der Waals surface area contributed by atoms with Crippen molar-refractivity contribution in [3.8, 4) is 0 Å². The number of Topliss-reactive ketones (excluding diaryl/α,β-unsaturated/α-hetero) is 1. The van der Waals surface area contributed by atoms with Crippen molar-refractivity contribution in [1.29, 1.82) is 0 Å². The molecule has 2 bridgehead atoms. The maximum atomic E-state index is 13.8. The quantitative estimate of drug-likeness (QED) is 0.243. The summed E-state index contributed by atoms with van der Waals surface area (Å²) in [6.45, 7) is 13.3. The van der Waals surface area contributed by atoms with Crippen molar-refractivity contribution >= 4 is 32.1 Å². The molecule has 4 fully saturated rings. The summed E-state index contributed by atoms with van der Waals surface area (Å²) in [7, 11) is 0.254. The average molecular weight is 610 g/mol. The van der Waals surface area contributed by atoms with E-state index in [1.54, 1.807) is 20.9 Å². The fraction of sp³-hybridized carbons (Fsp3) is 0.793. The number of esters is 2. The van der Waals surface area contributed by atoms with Crippen LogP contribution in [0.15, 0.2) is 11.3 Å². The molecule has 1 amide bonds. The third kappa shape index (κ3) is 3.56. The number of hydrogen-bond acceptors (Lipinski definition) is 11. The van der Waals surface area contributed by atoms with Gasteiger partial charge in [-0.3, -0.25) is 4.79 Å². The maximum absolute atomic E-state index is 13.8. The lowest BCUT2D eigenvalue weighted by molar-refractivity contribution is -0.288. The Hall–Kier alpha value is -2.48. The Bertz CT molecular complexity index is 1270. The second-order valence-corrected chi connectivity index (χ2v) is 19.9. The number of methoxy groups -OCH3 is 1. The van der Waals surface area contributed by atoms with Crippen molar-refractivity contribution in [2.45, 2.75) is 95.6 Å². The van der Waals surface area contributed by atoms with Crippen LogP contribution >= 0.6 is 0 Å². The molecule has 2 saturated carbocycles. The standard InChI is InChI=1S/C29H43NO11Si/c1-13-14-10-16-28-12-39-29(24(36)38-7,22(34)18(33)20(28)27(14,5)11-15(31)17(13)32)21(28)19(23(35)40-16)41-25(37)30(6)42(8,9)26(2,3)4/h14,16,18-22,32-34H,10-12H2,1-9H3. The highest BCUT2D eigenvalue weighted by Crippen LogP contribution is 2.72. The molecule has 3 aliphatic carbocycles. The highest BCUT2D eigenvalue weighted by molar-refractivity contribution is 6.79. The largest absolute Gasteiger partial charge is 0.504 e. The van der Waals surface area contributed by atoms with Crippen LogP contribution < -0.4 is 0 Å². The van der Waals surface area contributed by atoms with Crippen LogP contribution in [0.25, 0.3) is 0 Å². The molecule has 234 valence electrons. The molecule has 10 atom stereocenters. The van der Waals surface area contributed by atoms with Gasteiger partial charge in [0.15, 0.2) is 19.8 Å². The molecule has 0 radical (unpaired) electrons. The van der Waals surface area contributed by atoms with Crippen LogP contribution in [0.2, 0.25) is 18.1 Å². The van der Waals surface area contributed by atoms with Crippen LogP contribution in [0.4, 0.5) is 4.79 Å². The molecular formula is C29H43NO11Si. The second kappa shape index (κ2) is 9.26. The minimum absolute atomic E-state index is 0.145. The summed E-state index contributed by atoms with van der Waals surface area (Å²) in [4.78, 5) is 54.0. The molecule has 10 unspecified atom stereocenters. The molecule has 13 heteroatoms. The maximum Gasteiger partial charge on any atom is 0.402 e. The van der Waals surface area contributed by atoms with E-state index in [-0.39, 0.29) is 30.2 Å². The van der Waals surface area contributed by atoms with Crippen molar-refractivity contribution < 1.29 is 53.4 Å². The molecule has 2 heterocycles. The summed E-state index contributed by atoms with van der Waals surface area (Å²) in [5.41, 5.74) is -4.17. The zero-order chi connectivity index (χ0) is 31.5. The molecule has 0 aromatic rings. The molecule has 12 nitrogen and oxygen atoms in total. The number of ketones is 1. The number of fused-ring (bicyclic) bond motifs is 2. The van der Waals surface area contributed by atoms with Crippen LogP contribution in [0.5, 0.6) is 0 Å². The van der Waals surface area contributed by atoms with Gasteiger partial charge in [-0.15, -0.1) is 0 Å². The molecule has 3 N–H and O–H groups in total. The van der Waals surface area contributed by atoms with Gasteiger partial charge in [0.2, 0.25) is 11.7 Å². The first-order valence-corrected chi connectivity index (χ1v) is 17.4. The third-order valence-electron chi connectivity index (χ3n) is 12.0. The van der Waals surface area contributed by atoms with Gasteiger partial charge < -0.3 is 38.8 Å². The number of aliphatic hydroxyl groups is 3. The van der Waals surface area contributed by atoms with E-state index in [2.05, 4.69) is 0 Å². The van der Waals surface area contributed by atoms with E-state index in [9.17, 15) is 34.5 Å². The lowest BCUT2D eigenvalue weighted by Gasteiger charge is -2.67. The summed E-state index contributed by atoms with van der Waals surface area (Å²) in [6.07, 6.45) is -6.84. The monoisotopic (exact) mass is 609 g/mol. The summed E-state index contributed by atoms with van der Waals surface area (Å²) < 4.78 is 24.7. The Labute approximate surface area is 246 Å². The third-order valence-corrected chi connectivity index (χ3v) is 17.5. The molecule has 2 saturated heterocycles. The van der Waals surface area contributed by atoms with E-state index >= 15 is 0 Å². The summed E-state index contributed by atoms with van der Waals surface area (Å²) >= 11 is 0. The molecular weight excluding hydrogens is 566 g/mol. The number of allylic oxidation sites excluding steroid dienone is 2. The predicted molar refractivity (Wildman–Crippen MR) is 148 cm³/mol. The molecule has 0 aromatic carbocycles. The van der Waals surface area contributed by atoms with E-state index in [0.29, 0.717) is 5.57 Å². The number of amides is 1.